The van der Waals surface area contributed by atoms with E-state index >= 15 is 0 Å². The smallest absolute Gasteiger partial charge is 0.0184 e. The maximum Gasteiger partial charge on any atom is 0.0184 e. The number of fused-ring (bicyclic) bond motifs is 3. The van der Waals surface area contributed by atoms with Gasteiger partial charge in [-0.05, 0) is 39.6 Å². The maximum absolute atomic E-state index is 5.86. The van der Waals surface area contributed by atoms with Crippen LogP contribution in [0.25, 0.3) is 21.5 Å². The Hall–Kier alpha value is -1.86. The van der Waals surface area contributed by atoms with Gasteiger partial charge >= 0.3 is 0 Å². The molecule has 0 aromatic heterocycles. The average molecular weight is 221 g/mol. The molecule has 0 bridgehead atoms. The van der Waals surface area contributed by atoms with Crippen molar-refractivity contribution in [2.24, 2.45) is 5.73 Å². The summed E-state index contributed by atoms with van der Waals surface area (Å²) in [7, 11) is 0. The Balaban J connectivity index is 2.61. The van der Waals surface area contributed by atoms with Crippen molar-refractivity contribution in [2.45, 2.75) is 13.5 Å². The van der Waals surface area contributed by atoms with Gasteiger partial charge in [-0.2, -0.15) is 0 Å². The van der Waals surface area contributed by atoms with Crippen LogP contribution in [0.15, 0.2) is 48.5 Å². The Labute approximate surface area is 101 Å². The fraction of sp³-hybridized carbons (Fsp3) is 0.125. The first kappa shape index (κ1) is 10.3. The highest BCUT2D eigenvalue weighted by Gasteiger charge is 2.06. The van der Waals surface area contributed by atoms with Crippen molar-refractivity contribution in [1.82, 2.24) is 0 Å². The predicted molar refractivity (Wildman–Crippen MR) is 74.1 cm³/mol. The topological polar surface area (TPSA) is 26.0 Å². The Morgan fingerprint density at radius 2 is 1.47 bits per heavy atom. The molecule has 3 aromatic rings. The zero-order valence-electron chi connectivity index (χ0n) is 9.90. The van der Waals surface area contributed by atoms with E-state index in [-0.39, 0.29) is 0 Å². The molecule has 17 heavy (non-hydrogen) atoms. The Bertz CT molecular complexity index is 698. The van der Waals surface area contributed by atoms with E-state index in [9.17, 15) is 0 Å². The third kappa shape index (κ3) is 1.51. The minimum absolute atomic E-state index is 0.588. The van der Waals surface area contributed by atoms with Gasteiger partial charge < -0.3 is 5.73 Å². The van der Waals surface area contributed by atoms with Gasteiger partial charge in [0.1, 0.15) is 0 Å². The summed E-state index contributed by atoms with van der Waals surface area (Å²) < 4.78 is 0. The van der Waals surface area contributed by atoms with Crippen molar-refractivity contribution in [3.63, 3.8) is 0 Å². The van der Waals surface area contributed by atoms with Gasteiger partial charge in [-0.1, -0.05) is 48.5 Å². The summed E-state index contributed by atoms with van der Waals surface area (Å²) in [6.45, 7) is 2.75. The van der Waals surface area contributed by atoms with E-state index in [1.165, 1.54) is 32.7 Å². The number of rotatable bonds is 1. The first-order valence-corrected chi connectivity index (χ1v) is 5.91. The molecule has 0 spiro atoms. The fourth-order valence-corrected chi connectivity index (χ4v) is 2.58. The van der Waals surface area contributed by atoms with Gasteiger partial charge in [0.2, 0.25) is 0 Å². The van der Waals surface area contributed by atoms with Gasteiger partial charge in [-0.25, -0.2) is 0 Å². The van der Waals surface area contributed by atoms with Crippen molar-refractivity contribution < 1.29 is 0 Å². The normalized spacial score (nSPS) is 11.2. The molecular formula is C16H15N. The summed E-state index contributed by atoms with van der Waals surface area (Å²) in [5.41, 5.74) is 8.40. The lowest BCUT2D eigenvalue weighted by atomic mass is 9.95. The standard InChI is InChI=1S/C16H15N/c1-11-4-2-5-12-8-9-13-6-3-7-14(10-17)16(13)15(11)12/h2-9H,10,17H2,1H3. The van der Waals surface area contributed by atoms with Gasteiger partial charge in [0.15, 0.2) is 0 Å². The first-order valence-electron chi connectivity index (χ1n) is 5.91. The number of hydrogen-bond donors (Lipinski definition) is 1. The van der Waals surface area contributed by atoms with Gasteiger partial charge in [-0.3, -0.25) is 0 Å². The van der Waals surface area contributed by atoms with Crippen LogP contribution in [-0.2, 0) is 6.54 Å². The summed E-state index contributed by atoms with van der Waals surface area (Å²) in [6, 6.07) is 17.1. The van der Waals surface area contributed by atoms with Crippen LogP contribution in [0.2, 0.25) is 0 Å². The summed E-state index contributed by atoms with van der Waals surface area (Å²) in [4.78, 5) is 0. The van der Waals surface area contributed by atoms with Crippen molar-refractivity contribution >= 4 is 21.5 Å². The molecule has 0 aliphatic heterocycles. The molecule has 1 heteroatoms. The molecule has 0 heterocycles. The maximum atomic E-state index is 5.86. The van der Waals surface area contributed by atoms with Gasteiger partial charge in [0.25, 0.3) is 0 Å². The molecule has 0 aliphatic carbocycles. The SMILES string of the molecule is Cc1cccc2ccc3cccc(CN)c3c12. The van der Waals surface area contributed by atoms with Crippen LogP contribution in [0.3, 0.4) is 0 Å². The second-order valence-electron chi connectivity index (χ2n) is 4.46. The zero-order chi connectivity index (χ0) is 11.8. The minimum atomic E-state index is 0.588. The molecule has 1 nitrogen and oxygen atoms in total. The molecule has 2 N–H and O–H groups in total. The minimum Gasteiger partial charge on any atom is -0.326 e. The van der Waals surface area contributed by atoms with Crippen LogP contribution < -0.4 is 5.73 Å². The molecule has 0 amide bonds. The molecule has 0 atom stereocenters. The average Bonchev–Trinajstić information content (AvgIpc) is 2.38. The highest BCUT2D eigenvalue weighted by molar-refractivity contribution is 6.10. The quantitative estimate of drug-likeness (QED) is 0.622. The Morgan fingerprint density at radius 3 is 2.18 bits per heavy atom. The lowest BCUT2D eigenvalue weighted by Crippen LogP contribution is -1.97. The summed E-state index contributed by atoms with van der Waals surface area (Å²) in [6.07, 6.45) is 0. The second kappa shape index (κ2) is 3.86. The van der Waals surface area contributed by atoms with Crippen LogP contribution in [0.4, 0.5) is 0 Å². The van der Waals surface area contributed by atoms with Gasteiger partial charge in [0, 0.05) is 6.54 Å². The van der Waals surface area contributed by atoms with Gasteiger partial charge in [-0.15, -0.1) is 0 Å². The molecular weight excluding hydrogens is 206 g/mol. The van der Waals surface area contributed by atoms with E-state index < -0.39 is 0 Å². The van der Waals surface area contributed by atoms with E-state index in [4.69, 9.17) is 5.73 Å². The zero-order valence-corrected chi connectivity index (χ0v) is 9.90. The summed E-state index contributed by atoms with van der Waals surface area (Å²) in [5, 5.41) is 5.21. The molecule has 3 aromatic carbocycles. The molecule has 0 saturated carbocycles. The Kier molecular flexibility index (Phi) is 2.34. The van der Waals surface area contributed by atoms with E-state index in [2.05, 4.69) is 55.5 Å². The lowest BCUT2D eigenvalue weighted by Gasteiger charge is -2.10. The lowest BCUT2D eigenvalue weighted by molar-refractivity contribution is 1.09. The monoisotopic (exact) mass is 221 g/mol. The molecule has 3 rings (SSSR count). The van der Waals surface area contributed by atoms with Crippen molar-refractivity contribution in [3.8, 4) is 0 Å². The van der Waals surface area contributed by atoms with E-state index in [1.54, 1.807) is 0 Å². The number of benzene rings is 3. The van der Waals surface area contributed by atoms with Crippen molar-refractivity contribution in [1.29, 1.82) is 0 Å². The third-order valence-electron chi connectivity index (χ3n) is 3.40. The van der Waals surface area contributed by atoms with Gasteiger partial charge in [0.05, 0.1) is 0 Å². The van der Waals surface area contributed by atoms with Crippen LogP contribution in [0.1, 0.15) is 11.1 Å². The predicted octanol–water partition coefficient (Wildman–Crippen LogP) is 3.76. The number of aryl methyl sites for hydroxylation is 1. The molecule has 0 saturated heterocycles. The highest BCUT2D eigenvalue weighted by atomic mass is 14.5. The second-order valence-corrected chi connectivity index (χ2v) is 4.46. The van der Waals surface area contributed by atoms with Crippen molar-refractivity contribution in [3.05, 3.63) is 59.7 Å². The third-order valence-corrected chi connectivity index (χ3v) is 3.40. The first-order chi connectivity index (χ1) is 8.31. The van der Waals surface area contributed by atoms with E-state index in [0.717, 1.165) is 0 Å². The molecule has 0 radical (unpaired) electrons. The fourth-order valence-electron chi connectivity index (χ4n) is 2.58. The molecule has 84 valence electrons. The van der Waals surface area contributed by atoms with E-state index in [1.807, 2.05) is 0 Å². The Morgan fingerprint density at radius 1 is 0.824 bits per heavy atom. The molecule has 0 unspecified atom stereocenters. The molecule has 0 aliphatic rings. The van der Waals surface area contributed by atoms with Crippen LogP contribution in [0, 0.1) is 6.92 Å². The van der Waals surface area contributed by atoms with Crippen LogP contribution >= 0.6 is 0 Å². The van der Waals surface area contributed by atoms with E-state index in [0.29, 0.717) is 6.54 Å². The number of hydrogen-bond acceptors (Lipinski definition) is 1. The molecule has 0 fully saturated rings. The number of nitrogens with two attached hydrogens (primary N) is 1. The summed E-state index contributed by atoms with van der Waals surface area (Å²) in [5.74, 6) is 0. The summed E-state index contributed by atoms with van der Waals surface area (Å²) >= 11 is 0. The highest BCUT2D eigenvalue weighted by Crippen LogP contribution is 2.30. The van der Waals surface area contributed by atoms with Crippen LogP contribution in [-0.4, -0.2) is 0 Å². The van der Waals surface area contributed by atoms with Crippen LogP contribution in [0.5, 0.6) is 0 Å². The largest absolute Gasteiger partial charge is 0.326 e. The van der Waals surface area contributed by atoms with Crippen molar-refractivity contribution in [2.75, 3.05) is 0 Å².